The standard InChI is InChI=1S/C19H20BrCl2NO3/c1-19(2,3)23(18(25)26)16(14-8-7-13(22)10-15(14)20)17(24)11-5-4-6-12(21)9-11/h4-10,16-17,24H,1-3H3,(H,25,26)/t16-,17-/m1/s1. The number of rotatable bonds is 4. The summed E-state index contributed by atoms with van der Waals surface area (Å²) < 4.78 is 0.617. The highest BCUT2D eigenvalue weighted by Crippen LogP contribution is 2.42. The van der Waals surface area contributed by atoms with Crippen molar-refractivity contribution in [1.29, 1.82) is 0 Å². The van der Waals surface area contributed by atoms with Crippen molar-refractivity contribution < 1.29 is 15.0 Å². The van der Waals surface area contributed by atoms with Gasteiger partial charge in [0.1, 0.15) is 6.10 Å². The number of amides is 1. The summed E-state index contributed by atoms with van der Waals surface area (Å²) in [6.07, 6.45) is -2.26. The maximum Gasteiger partial charge on any atom is 0.408 e. The molecule has 0 unspecified atom stereocenters. The summed E-state index contributed by atoms with van der Waals surface area (Å²) in [7, 11) is 0. The molecule has 26 heavy (non-hydrogen) atoms. The van der Waals surface area contributed by atoms with Crippen molar-refractivity contribution in [2.75, 3.05) is 0 Å². The van der Waals surface area contributed by atoms with E-state index in [9.17, 15) is 15.0 Å². The molecule has 0 aromatic heterocycles. The zero-order chi connectivity index (χ0) is 19.6. The molecule has 0 heterocycles. The third kappa shape index (κ3) is 4.71. The molecule has 2 aromatic carbocycles. The van der Waals surface area contributed by atoms with E-state index in [1.54, 1.807) is 63.2 Å². The molecule has 0 aliphatic rings. The van der Waals surface area contributed by atoms with Crippen LogP contribution in [-0.2, 0) is 0 Å². The number of benzene rings is 2. The Morgan fingerprint density at radius 1 is 1.12 bits per heavy atom. The molecule has 2 rings (SSSR count). The summed E-state index contributed by atoms with van der Waals surface area (Å²) in [5.74, 6) is 0. The molecule has 4 nitrogen and oxygen atoms in total. The Bertz CT molecular complexity index is 808. The second-order valence-corrected chi connectivity index (χ2v) is 8.66. The van der Waals surface area contributed by atoms with Gasteiger partial charge in [0.2, 0.25) is 0 Å². The highest BCUT2D eigenvalue weighted by Gasteiger charge is 2.39. The van der Waals surface area contributed by atoms with Crippen LogP contribution in [0.4, 0.5) is 4.79 Å². The van der Waals surface area contributed by atoms with Crippen molar-refractivity contribution in [2.24, 2.45) is 0 Å². The fraction of sp³-hybridized carbons (Fsp3) is 0.316. The summed E-state index contributed by atoms with van der Waals surface area (Å²) in [5.41, 5.74) is 0.383. The van der Waals surface area contributed by atoms with Crippen LogP contribution in [0.25, 0.3) is 0 Å². The minimum absolute atomic E-state index is 0.466. The van der Waals surface area contributed by atoms with Gasteiger partial charge in [0, 0.05) is 20.1 Å². The fourth-order valence-corrected chi connectivity index (χ4v) is 4.00. The molecular weight excluding hydrogens is 441 g/mol. The highest BCUT2D eigenvalue weighted by atomic mass is 79.9. The maximum atomic E-state index is 12.1. The lowest BCUT2D eigenvalue weighted by molar-refractivity contribution is 0.00473. The van der Waals surface area contributed by atoms with Crippen molar-refractivity contribution in [3.63, 3.8) is 0 Å². The largest absolute Gasteiger partial charge is 0.465 e. The Morgan fingerprint density at radius 3 is 2.23 bits per heavy atom. The van der Waals surface area contributed by atoms with Gasteiger partial charge in [0.05, 0.1) is 6.04 Å². The lowest BCUT2D eigenvalue weighted by Gasteiger charge is -2.42. The van der Waals surface area contributed by atoms with Crippen LogP contribution in [0.5, 0.6) is 0 Å². The smallest absolute Gasteiger partial charge is 0.408 e. The molecule has 1 amide bonds. The van der Waals surface area contributed by atoms with E-state index in [0.29, 0.717) is 25.6 Å². The Morgan fingerprint density at radius 2 is 1.73 bits per heavy atom. The Hall–Kier alpha value is -1.27. The molecule has 0 saturated carbocycles. The first kappa shape index (κ1) is 21.0. The average Bonchev–Trinajstić information content (AvgIpc) is 2.51. The van der Waals surface area contributed by atoms with E-state index in [1.165, 1.54) is 4.90 Å². The Labute approximate surface area is 171 Å². The van der Waals surface area contributed by atoms with Gasteiger partial charge in [-0.05, 0) is 56.2 Å². The second-order valence-electron chi connectivity index (χ2n) is 6.93. The molecular formula is C19H20BrCl2NO3. The zero-order valence-electron chi connectivity index (χ0n) is 14.6. The highest BCUT2D eigenvalue weighted by molar-refractivity contribution is 9.10. The van der Waals surface area contributed by atoms with E-state index in [0.717, 1.165) is 0 Å². The molecule has 2 N–H and O–H groups in total. The van der Waals surface area contributed by atoms with Crippen molar-refractivity contribution in [2.45, 2.75) is 38.5 Å². The average molecular weight is 461 g/mol. The van der Waals surface area contributed by atoms with Crippen LogP contribution >= 0.6 is 39.1 Å². The summed E-state index contributed by atoms with van der Waals surface area (Å²) >= 11 is 15.5. The second kappa shape index (κ2) is 8.17. The van der Waals surface area contributed by atoms with Gasteiger partial charge in [0.25, 0.3) is 0 Å². The number of halogens is 3. The summed E-state index contributed by atoms with van der Waals surface area (Å²) in [6.45, 7) is 5.34. The van der Waals surface area contributed by atoms with E-state index in [-0.39, 0.29) is 0 Å². The summed E-state index contributed by atoms with van der Waals surface area (Å²) in [6, 6.07) is 11.0. The van der Waals surface area contributed by atoms with Gasteiger partial charge in [-0.3, -0.25) is 4.90 Å². The topological polar surface area (TPSA) is 60.8 Å². The van der Waals surface area contributed by atoms with Crippen LogP contribution in [0.15, 0.2) is 46.9 Å². The van der Waals surface area contributed by atoms with E-state index in [4.69, 9.17) is 23.2 Å². The number of carboxylic acid groups (broad SMARTS) is 1. The number of aliphatic hydroxyl groups excluding tert-OH is 1. The van der Waals surface area contributed by atoms with Gasteiger partial charge < -0.3 is 10.2 Å². The van der Waals surface area contributed by atoms with Crippen LogP contribution in [0.1, 0.15) is 44.0 Å². The van der Waals surface area contributed by atoms with Crippen molar-refractivity contribution >= 4 is 45.2 Å². The van der Waals surface area contributed by atoms with Crippen LogP contribution in [0.2, 0.25) is 10.0 Å². The minimum atomic E-state index is -1.13. The quantitative estimate of drug-likeness (QED) is 0.561. The number of hydrogen-bond donors (Lipinski definition) is 2. The molecule has 2 aromatic rings. The number of nitrogens with zero attached hydrogens (tertiary/aromatic N) is 1. The fourth-order valence-electron chi connectivity index (χ4n) is 2.89. The molecule has 0 bridgehead atoms. The van der Waals surface area contributed by atoms with Gasteiger partial charge in [-0.25, -0.2) is 4.79 Å². The first-order chi connectivity index (χ1) is 12.0. The van der Waals surface area contributed by atoms with Crippen LogP contribution in [0, 0.1) is 0 Å². The van der Waals surface area contributed by atoms with Crippen molar-refractivity contribution in [3.05, 3.63) is 68.1 Å². The monoisotopic (exact) mass is 459 g/mol. The third-order valence-electron chi connectivity index (χ3n) is 3.98. The van der Waals surface area contributed by atoms with Crippen LogP contribution < -0.4 is 0 Å². The third-order valence-corrected chi connectivity index (χ3v) is 5.13. The Kier molecular flexibility index (Phi) is 6.61. The van der Waals surface area contributed by atoms with Gasteiger partial charge in [-0.1, -0.05) is 57.3 Å². The SMILES string of the molecule is CC(C)(C)N(C(=O)O)[C@H](c1ccc(Cl)cc1Br)[C@H](O)c1cccc(Cl)c1. The molecule has 7 heteroatoms. The Balaban J connectivity index is 2.66. The molecule has 0 spiro atoms. The van der Waals surface area contributed by atoms with E-state index < -0.39 is 23.8 Å². The van der Waals surface area contributed by atoms with Gasteiger partial charge in [-0.2, -0.15) is 0 Å². The maximum absolute atomic E-state index is 12.1. The van der Waals surface area contributed by atoms with Crippen LogP contribution in [0.3, 0.4) is 0 Å². The minimum Gasteiger partial charge on any atom is -0.465 e. The van der Waals surface area contributed by atoms with E-state index in [1.807, 2.05) is 0 Å². The van der Waals surface area contributed by atoms with E-state index in [2.05, 4.69) is 15.9 Å². The molecule has 140 valence electrons. The first-order valence-corrected chi connectivity index (χ1v) is 9.48. The molecule has 0 aliphatic heterocycles. The molecule has 0 fully saturated rings. The molecule has 0 saturated heterocycles. The zero-order valence-corrected chi connectivity index (χ0v) is 17.7. The predicted molar refractivity (Wildman–Crippen MR) is 108 cm³/mol. The van der Waals surface area contributed by atoms with Crippen molar-refractivity contribution in [3.8, 4) is 0 Å². The lowest BCUT2D eigenvalue weighted by Crippen LogP contribution is -2.49. The van der Waals surface area contributed by atoms with Crippen molar-refractivity contribution in [1.82, 2.24) is 4.90 Å². The number of carbonyl (C=O) groups is 1. The lowest BCUT2D eigenvalue weighted by atomic mass is 9.91. The van der Waals surface area contributed by atoms with Gasteiger partial charge >= 0.3 is 6.09 Å². The van der Waals surface area contributed by atoms with E-state index >= 15 is 0 Å². The van der Waals surface area contributed by atoms with Crippen LogP contribution in [-0.4, -0.2) is 26.7 Å². The molecule has 2 atom stereocenters. The molecule has 0 aliphatic carbocycles. The molecule has 0 radical (unpaired) electrons. The predicted octanol–water partition coefficient (Wildman–Crippen LogP) is 6.31. The van der Waals surface area contributed by atoms with Gasteiger partial charge in [0.15, 0.2) is 0 Å². The first-order valence-electron chi connectivity index (χ1n) is 7.93. The normalized spacial score (nSPS) is 14.0. The number of aliphatic hydroxyl groups is 1. The summed E-state index contributed by atoms with van der Waals surface area (Å²) in [5, 5.41) is 22.0. The summed E-state index contributed by atoms with van der Waals surface area (Å²) in [4.78, 5) is 13.3. The van der Waals surface area contributed by atoms with Gasteiger partial charge in [-0.15, -0.1) is 0 Å². The number of hydrogen-bond acceptors (Lipinski definition) is 2.